The van der Waals surface area contributed by atoms with Crippen LogP contribution in [0.1, 0.15) is 52.0 Å². The van der Waals surface area contributed by atoms with Gasteiger partial charge in [0.1, 0.15) is 0 Å². The summed E-state index contributed by atoms with van der Waals surface area (Å²) in [6, 6.07) is 2.93. The maximum Gasteiger partial charge on any atom is 0.0136 e. The first-order valence-electron chi connectivity index (χ1n) is 7.06. The second-order valence-corrected chi connectivity index (χ2v) is 5.62. The maximum atomic E-state index is 3.70. The number of thiophene rings is 1. The standard InChI is InChI=1S/C15H27NS/c1-4-7-14(8-5-2)15(16-6-3)11-13-9-10-17-12-13/h9-10,12,14-16H,4-8,11H2,1-3H3. The van der Waals surface area contributed by atoms with Crippen molar-refractivity contribution in [2.24, 2.45) is 5.92 Å². The highest BCUT2D eigenvalue weighted by molar-refractivity contribution is 7.07. The molecule has 17 heavy (non-hydrogen) atoms. The van der Waals surface area contributed by atoms with Crippen molar-refractivity contribution in [3.8, 4) is 0 Å². The molecule has 0 fully saturated rings. The van der Waals surface area contributed by atoms with Gasteiger partial charge in [-0.1, -0.05) is 33.6 Å². The minimum absolute atomic E-state index is 0.662. The summed E-state index contributed by atoms with van der Waals surface area (Å²) in [6.45, 7) is 7.90. The summed E-state index contributed by atoms with van der Waals surface area (Å²) in [5.74, 6) is 0.838. The zero-order valence-electron chi connectivity index (χ0n) is 11.5. The van der Waals surface area contributed by atoms with E-state index < -0.39 is 0 Å². The van der Waals surface area contributed by atoms with E-state index in [-0.39, 0.29) is 0 Å². The van der Waals surface area contributed by atoms with Crippen LogP contribution in [0.25, 0.3) is 0 Å². The molecule has 1 N–H and O–H groups in total. The number of hydrogen-bond donors (Lipinski definition) is 1. The van der Waals surface area contributed by atoms with Gasteiger partial charge < -0.3 is 5.32 Å². The second kappa shape index (κ2) is 8.71. The van der Waals surface area contributed by atoms with E-state index in [2.05, 4.69) is 42.9 Å². The summed E-state index contributed by atoms with van der Waals surface area (Å²) >= 11 is 1.81. The van der Waals surface area contributed by atoms with Crippen LogP contribution in [0.2, 0.25) is 0 Å². The third kappa shape index (κ3) is 5.22. The largest absolute Gasteiger partial charge is 0.314 e. The summed E-state index contributed by atoms with van der Waals surface area (Å²) in [5, 5.41) is 8.17. The predicted molar refractivity (Wildman–Crippen MR) is 78.8 cm³/mol. The first kappa shape index (κ1) is 14.7. The van der Waals surface area contributed by atoms with E-state index in [1.54, 1.807) is 0 Å². The van der Waals surface area contributed by atoms with Crippen molar-refractivity contribution in [2.45, 2.75) is 58.9 Å². The molecule has 0 aliphatic heterocycles. The van der Waals surface area contributed by atoms with Crippen LogP contribution in [0.15, 0.2) is 16.8 Å². The normalized spacial score (nSPS) is 13.2. The maximum absolute atomic E-state index is 3.70. The van der Waals surface area contributed by atoms with Crippen molar-refractivity contribution in [3.05, 3.63) is 22.4 Å². The Balaban J connectivity index is 2.60. The van der Waals surface area contributed by atoms with Crippen molar-refractivity contribution in [2.75, 3.05) is 6.54 Å². The lowest BCUT2D eigenvalue weighted by atomic mass is 9.87. The molecule has 1 aromatic rings. The van der Waals surface area contributed by atoms with Gasteiger partial charge in [-0.3, -0.25) is 0 Å². The zero-order chi connectivity index (χ0) is 12.5. The van der Waals surface area contributed by atoms with Gasteiger partial charge >= 0.3 is 0 Å². The minimum atomic E-state index is 0.662. The van der Waals surface area contributed by atoms with Crippen molar-refractivity contribution >= 4 is 11.3 Å². The summed E-state index contributed by atoms with van der Waals surface area (Å²) < 4.78 is 0. The van der Waals surface area contributed by atoms with E-state index in [0.717, 1.165) is 12.5 Å². The van der Waals surface area contributed by atoms with Crippen molar-refractivity contribution in [1.82, 2.24) is 5.32 Å². The van der Waals surface area contributed by atoms with Gasteiger partial charge in [-0.2, -0.15) is 11.3 Å². The average Bonchev–Trinajstić information content (AvgIpc) is 2.81. The molecular weight excluding hydrogens is 226 g/mol. The molecule has 98 valence electrons. The molecule has 0 spiro atoms. The Morgan fingerprint density at radius 3 is 2.35 bits per heavy atom. The molecule has 0 aliphatic carbocycles. The van der Waals surface area contributed by atoms with E-state index in [0.29, 0.717) is 6.04 Å². The van der Waals surface area contributed by atoms with Gasteiger partial charge in [0, 0.05) is 6.04 Å². The molecule has 1 rings (SSSR count). The quantitative estimate of drug-likeness (QED) is 0.684. The molecule has 0 aromatic carbocycles. The highest BCUT2D eigenvalue weighted by Crippen LogP contribution is 2.21. The van der Waals surface area contributed by atoms with Gasteiger partial charge in [0.05, 0.1) is 0 Å². The van der Waals surface area contributed by atoms with Crippen LogP contribution in [0.4, 0.5) is 0 Å². The van der Waals surface area contributed by atoms with Crippen LogP contribution < -0.4 is 5.32 Å². The van der Waals surface area contributed by atoms with E-state index in [1.165, 1.54) is 37.7 Å². The van der Waals surface area contributed by atoms with Gasteiger partial charge in [-0.05, 0) is 54.1 Å². The number of rotatable bonds is 9. The first-order chi connectivity index (χ1) is 8.31. The van der Waals surface area contributed by atoms with Crippen molar-refractivity contribution in [3.63, 3.8) is 0 Å². The summed E-state index contributed by atoms with van der Waals surface area (Å²) in [7, 11) is 0. The molecule has 0 aliphatic rings. The fraction of sp³-hybridized carbons (Fsp3) is 0.733. The third-order valence-electron chi connectivity index (χ3n) is 3.39. The van der Waals surface area contributed by atoms with Gasteiger partial charge in [0.2, 0.25) is 0 Å². The van der Waals surface area contributed by atoms with Crippen LogP contribution in [0, 0.1) is 5.92 Å². The lowest BCUT2D eigenvalue weighted by molar-refractivity contribution is 0.312. The molecule has 0 saturated heterocycles. The summed E-state index contributed by atoms with van der Waals surface area (Å²) in [4.78, 5) is 0. The topological polar surface area (TPSA) is 12.0 Å². The molecule has 0 radical (unpaired) electrons. The Morgan fingerprint density at radius 2 is 1.88 bits per heavy atom. The Hall–Kier alpha value is -0.340. The smallest absolute Gasteiger partial charge is 0.0136 e. The average molecular weight is 253 g/mol. The molecule has 0 bridgehead atoms. The highest BCUT2D eigenvalue weighted by atomic mass is 32.1. The van der Waals surface area contributed by atoms with E-state index in [1.807, 2.05) is 11.3 Å². The Labute approximate surface area is 111 Å². The molecule has 1 atom stereocenters. The van der Waals surface area contributed by atoms with Gasteiger partial charge in [0.25, 0.3) is 0 Å². The van der Waals surface area contributed by atoms with Crippen LogP contribution in [-0.2, 0) is 6.42 Å². The van der Waals surface area contributed by atoms with E-state index in [4.69, 9.17) is 0 Å². The molecule has 1 heterocycles. The lowest BCUT2D eigenvalue weighted by Gasteiger charge is -2.27. The van der Waals surface area contributed by atoms with Crippen LogP contribution in [0.5, 0.6) is 0 Å². The SMILES string of the molecule is CCCC(CCC)C(Cc1ccsc1)NCC. The van der Waals surface area contributed by atoms with E-state index in [9.17, 15) is 0 Å². The van der Waals surface area contributed by atoms with Crippen molar-refractivity contribution < 1.29 is 0 Å². The number of likely N-dealkylation sites (N-methyl/N-ethyl adjacent to an activating group) is 1. The minimum Gasteiger partial charge on any atom is -0.314 e. The predicted octanol–water partition coefficient (Wildman–Crippen LogP) is 4.49. The number of hydrogen-bond acceptors (Lipinski definition) is 2. The second-order valence-electron chi connectivity index (χ2n) is 4.84. The zero-order valence-corrected chi connectivity index (χ0v) is 12.4. The Kier molecular flexibility index (Phi) is 7.54. The van der Waals surface area contributed by atoms with Crippen LogP contribution in [0.3, 0.4) is 0 Å². The Bertz CT molecular complexity index is 262. The molecule has 0 amide bonds. The van der Waals surface area contributed by atoms with Crippen LogP contribution in [-0.4, -0.2) is 12.6 Å². The molecule has 1 unspecified atom stereocenters. The van der Waals surface area contributed by atoms with Crippen LogP contribution >= 0.6 is 11.3 Å². The Morgan fingerprint density at radius 1 is 1.18 bits per heavy atom. The first-order valence-corrected chi connectivity index (χ1v) is 8.00. The third-order valence-corrected chi connectivity index (χ3v) is 4.12. The summed E-state index contributed by atoms with van der Waals surface area (Å²) in [6.07, 6.45) is 6.51. The van der Waals surface area contributed by atoms with Gasteiger partial charge in [-0.25, -0.2) is 0 Å². The molecule has 2 heteroatoms. The van der Waals surface area contributed by atoms with E-state index >= 15 is 0 Å². The molecule has 1 aromatic heterocycles. The van der Waals surface area contributed by atoms with Gasteiger partial charge in [-0.15, -0.1) is 0 Å². The van der Waals surface area contributed by atoms with Gasteiger partial charge in [0.15, 0.2) is 0 Å². The lowest BCUT2D eigenvalue weighted by Crippen LogP contribution is -2.38. The fourth-order valence-corrected chi connectivity index (χ4v) is 3.30. The molecular formula is C15H27NS. The molecule has 1 nitrogen and oxygen atoms in total. The highest BCUT2D eigenvalue weighted by Gasteiger charge is 2.19. The molecule has 0 saturated carbocycles. The monoisotopic (exact) mass is 253 g/mol. The fourth-order valence-electron chi connectivity index (χ4n) is 2.62. The summed E-state index contributed by atoms with van der Waals surface area (Å²) in [5.41, 5.74) is 1.50. The van der Waals surface area contributed by atoms with Crippen molar-refractivity contribution in [1.29, 1.82) is 0 Å². The number of nitrogens with one attached hydrogen (secondary N) is 1.